The molecule has 0 aliphatic rings. The third kappa shape index (κ3) is 4.24. The van der Waals surface area contributed by atoms with Crippen molar-refractivity contribution in [2.45, 2.75) is 19.8 Å². The van der Waals surface area contributed by atoms with E-state index in [2.05, 4.69) is 20.6 Å². The van der Waals surface area contributed by atoms with E-state index in [-0.39, 0.29) is 18.1 Å². The molecule has 0 fully saturated rings. The highest BCUT2D eigenvalue weighted by molar-refractivity contribution is 6.03. The molecule has 0 aliphatic heterocycles. The molecule has 0 aliphatic carbocycles. The minimum atomic E-state index is -4.70. The minimum absolute atomic E-state index is 0.0121. The molecule has 2 aromatic heterocycles. The first kappa shape index (κ1) is 19.3. The van der Waals surface area contributed by atoms with Crippen LogP contribution in [0.1, 0.15) is 21.9 Å². The number of nitrogens with zero attached hydrogens (tertiary/aromatic N) is 3. The van der Waals surface area contributed by atoms with Gasteiger partial charge in [-0.3, -0.25) is 9.89 Å². The van der Waals surface area contributed by atoms with E-state index < -0.39 is 23.5 Å². The van der Waals surface area contributed by atoms with Gasteiger partial charge in [0, 0.05) is 6.20 Å². The average Bonchev–Trinajstić information content (AvgIpc) is 3.27. The van der Waals surface area contributed by atoms with Gasteiger partial charge in [0.05, 0.1) is 18.5 Å². The largest absolute Gasteiger partial charge is 0.497 e. The molecule has 0 saturated heterocycles. The summed E-state index contributed by atoms with van der Waals surface area (Å²) >= 11 is 0. The van der Waals surface area contributed by atoms with Crippen LogP contribution in [0.2, 0.25) is 0 Å². The Kier molecular flexibility index (Phi) is 5.25. The molecule has 3 aromatic rings. The molecular formula is C17H16F3N5O3. The lowest BCUT2D eigenvalue weighted by Gasteiger charge is -2.08. The van der Waals surface area contributed by atoms with Crippen molar-refractivity contribution < 1.29 is 27.4 Å². The number of halogens is 3. The number of amides is 1. The van der Waals surface area contributed by atoms with Crippen LogP contribution in [0, 0.1) is 6.92 Å². The molecule has 1 aromatic carbocycles. The van der Waals surface area contributed by atoms with Gasteiger partial charge in [0.1, 0.15) is 11.5 Å². The quantitative estimate of drug-likeness (QED) is 0.668. The van der Waals surface area contributed by atoms with Crippen molar-refractivity contribution in [2.24, 2.45) is 0 Å². The number of nitrogens with one attached hydrogen (secondary N) is 2. The van der Waals surface area contributed by atoms with Gasteiger partial charge in [-0.1, -0.05) is 0 Å². The monoisotopic (exact) mass is 395 g/mol. The number of alkyl halides is 3. The molecule has 0 atom stereocenters. The number of rotatable bonds is 6. The van der Waals surface area contributed by atoms with E-state index in [0.29, 0.717) is 11.5 Å². The standard InChI is InChI=1S/C17H16F3N5O3/c1-10-14(15(23-22-10)17(18,19)20)21-16(26)13-7-8-25(24-13)9-28-12-5-3-11(27-2)4-6-12/h3-8H,9H2,1-2H3,(H,21,26)(H,22,23). The molecule has 28 heavy (non-hydrogen) atoms. The summed E-state index contributed by atoms with van der Waals surface area (Å²) in [6.45, 7) is 1.39. The number of aromatic nitrogens is 4. The van der Waals surface area contributed by atoms with Crippen molar-refractivity contribution in [2.75, 3.05) is 12.4 Å². The van der Waals surface area contributed by atoms with Gasteiger partial charge in [0.2, 0.25) is 0 Å². The number of carbonyl (C=O) groups excluding carboxylic acids is 1. The lowest BCUT2D eigenvalue weighted by molar-refractivity contribution is -0.140. The van der Waals surface area contributed by atoms with Crippen molar-refractivity contribution >= 4 is 11.6 Å². The number of H-pyrrole nitrogens is 1. The topological polar surface area (TPSA) is 94.1 Å². The Morgan fingerprint density at radius 2 is 1.89 bits per heavy atom. The number of carbonyl (C=O) groups is 1. The summed E-state index contributed by atoms with van der Waals surface area (Å²) in [4.78, 5) is 12.3. The van der Waals surface area contributed by atoms with Gasteiger partial charge in [-0.25, -0.2) is 4.68 Å². The summed E-state index contributed by atoms with van der Waals surface area (Å²) in [6.07, 6.45) is -3.22. The second kappa shape index (κ2) is 7.62. The predicted molar refractivity (Wildman–Crippen MR) is 92.1 cm³/mol. The van der Waals surface area contributed by atoms with Gasteiger partial charge in [0.25, 0.3) is 5.91 Å². The molecule has 0 radical (unpaired) electrons. The Balaban J connectivity index is 1.65. The number of benzene rings is 1. The smallest absolute Gasteiger partial charge is 0.437 e. The normalized spacial score (nSPS) is 11.3. The molecule has 0 bridgehead atoms. The number of aryl methyl sites for hydroxylation is 1. The van der Waals surface area contributed by atoms with Gasteiger partial charge in [0.15, 0.2) is 18.1 Å². The van der Waals surface area contributed by atoms with Gasteiger partial charge in [-0.05, 0) is 37.3 Å². The molecule has 0 unspecified atom stereocenters. The molecule has 8 nitrogen and oxygen atoms in total. The SMILES string of the molecule is COc1ccc(OCn2ccc(C(=O)Nc3c(C(F)(F)F)n[nH]c3C)n2)cc1. The van der Waals surface area contributed by atoms with Crippen LogP contribution in [0.15, 0.2) is 36.5 Å². The van der Waals surface area contributed by atoms with E-state index in [4.69, 9.17) is 9.47 Å². The fourth-order valence-corrected chi connectivity index (χ4v) is 2.33. The lowest BCUT2D eigenvalue weighted by atomic mass is 10.2. The number of ether oxygens (including phenoxy) is 2. The lowest BCUT2D eigenvalue weighted by Crippen LogP contribution is -2.17. The summed E-state index contributed by atoms with van der Waals surface area (Å²) in [7, 11) is 1.55. The van der Waals surface area contributed by atoms with Gasteiger partial charge in [-0.2, -0.15) is 23.4 Å². The number of methoxy groups -OCH3 is 1. The number of hydrogen-bond acceptors (Lipinski definition) is 5. The Morgan fingerprint density at radius 3 is 2.54 bits per heavy atom. The summed E-state index contributed by atoms with van der Waals surface area (Å²) in [5, 5.41) is 11.6. The van der Waals surface area contributed by atoms with Crippen LogP contribution in [-0.2, 0) is 12.9 Å². The van der Waals surface area contributed by atoms with Crippen LogP contribution in [0.3, 0.4) is 0 Å². The molecule has 11 heteroatoms. The number of anilines is 1. The van der Waals surface area contributed by atoms with E-state index in [1.54, 1.807) is 31.4 Å². The average molecular weight is 395 g/mol. The first-order valence-corrected chi connectivity index (χ1v) is 8.01. The molecule has 1 amide bonds. The fraction of sp³-hybridized carbons (Fsp3) is 0.235. The number of hydrogen-bond donors (Lipinski definition) is 2. The molecule has 2 heterocycles. The van der Waals surface area contributed by atoms with Crippen LogP contribution in [0.4, 0.5) is 18.9 Å². The van der Waals surface area contributed by atoms with E-state index >= 15 is 0 Å². The third-order valence-electron chi connectivity index (χ3n) is 3.75. The van der Waals surface area contributed by atoms with E-state index in [1.165, 1.54) is 23.9 Å². The van der Waals surface area contributed by atoms with Crippen molar-refractivity contribution in [1.29, 1.82) is 0 Å². The zero-order chi connectivity index (χ0) is 20.3. The zero-order valence-corrected chi connectivity index (χ0v) is 14.9. The predicted octanol–water partition coefficient (Wildman–Crippen LogP) is 3.23. The summed E-state index contributed by atoms with van der Waals surface area (Å²) < 4.78 is 50.8. The van der Waals surface area contributed by atoms with Crippen molar-refractivity contribution in [3.05, 3.63) is 53.6 Å². The Labute approximate surface area is 157 Å². The number of aromatic amines is 1. The Hall–Kier alpha value is -3.50. The summed E-state index contributed by atoms with van der Waals surface area (Å²) in [5.41, 5.74) is -1.60. The maximum atomic E-state index is 13.0. The van der Waals surface area contributed by atoms with Gasteiger partial charge in [-0.15, -0.1) is 0 Å². The van der Waals surface area contributed by atoms with Crippen molar-refractivity contribution in [3.8, 4) is 11.5 Å². The maximum absolute atomic E-state index is 13.0. The molecule has 3 rings (SSSR count). The van der Waals surface area contributed by atoms with Crippen molar-refractivity contribution in [3.63, 3.8) is 0 Å². The molecule has 148 valence electrons. The highest BCUT2D eigenvalue weighted by Crippen LogP contribution is 2.34. The van der Waals surface area contributed by atoms with Crippen LogP contribution >= 0.6 is 0 Å². The summed E-state index contributed by atoms with van der Waals surface area (Å²) in [6, 6.07) is 8.23. The van der Waals surface area contributed by atoms with E-state index in [1.807, 2.05) is 0 Å². The van der Waals surface area contributed by atoms with E-state index in [9.17, 15) is 18.0 Å². The van der Waals surface area contributed by atoms with Crippen molar-refractivity contribution in [1.82, 2.24) is 20.0 Å². The maximum Gasteiger partial charge on any atom is 0.437 e. The molecule has 0 spiro atoms. The van der Waals surface area contributed by atoms with Crippen LogP contribution in [0.5, 0.6) is 11.5 Å². The van der Waals surface area contributed by atoms with Gasteiger partial charge >= 0.3 is 6.18 Å². The highest BCUT2D eigenvalue weighted by Gasteiger charge is 2.38. The molecular weight excluding hydrogens is 379 g/mol. The van der Waals surface area contributed by atoms with Crippen LogP contribution in [0.25, 0.3) is 0 Å². The first-order valence-electron chi connectivity index (χ1n) is 8.01. The van der Waals surface area contributed by atoms with Crippen LogP contribution in [-0.4, -0.2) is 33.0 Å². The second-order valence-corrected chi connectivity index (χ2v) is 5.71. The fourth-order valence-electron chi connectivity index (χ4n) is 2.33. The highest BCUT2D eigenvalue weighted by atomic mass is 19.4. The minimum Gasteiger partial charge on any atom is -0.497 e. The molecule has 0 saturated carbocycles. The Morgan fingerprint density at radius 1 is 1.21 bits per heavy atom. The second-order valence-electron chi connectivity index (χ2n) is 5.71. The van der Waals surface area contributed by atoms with Crippen LogP contribution < -0.4 is 14.8 Å². The first-order chi connectivity index (χ1) is 13.3. The van der Waals surface area contributed by atoms with Gasteiger partial charge < -0.3 is 14.8 Å². The Bertz CT molecular complexity index is 963. The molecule has 2 N–H and O–H groups in total. The zero-order valence-electron chi connectivity index (χ0n) is 14.9. The summed E-state index contributed by atoms with van der Waals surface area (Å²) in [5.74, 6) is 0.447. The third-order valence-corrected chi connectivity index (χ3v) is 3.75. The van der Waals surface area contributed by atoms with E-state index in [0.717, 1.165) is 0 Å².